The second-order valence-corrected chi connectivity index (χ2v) is 2.34. The lowest BCUT2D eigenvalue weighted by atomic mass is 10.1. The van der Waals surface area contributed by atoms with Crippen molar-refractivity contribution in [3.8, 4) is 0 Å². The monoisotopic (exact) mass is 163 g/mol. The number of amides is 1. The molecule has 0 spiro atoms. The zero-order valence-electron chi connectivity index (χ0n) is 5.99. The summed E-state index contributed by atoms with van der Waals surface area (Å²) in [6.07, 6.45) is 1.13. The molecular weight excluding hydrogens is 159 g/mol. The van der Waals surface area contributed by atoms with Gasteiger partial charge < -0.3 is 0 Å². The fraction of sp³-hybridized carbons (Fsp3) is 0. The Kier molecular flexibility index (Phi) is 1.40. The van der Waals surface area contributed by atoms with Crippen LogP contribution < -0.4 is 5.32 Å². The molecule has 59 valence electrons. The van der Waals surface area contributed by atoms with Gasteiger partial charge >= 0.3 is 0 Å². The fourth-order valence-electron chi connectivity index (χ4n) is 1.01. The lowest BCUT2D eigenvalue weighted by molar-refractivity contribution is 0.100. The first-order chi connectivity index (χ1) is 5.77. The van der Waals surface area contributed by atoms with E-state index in [-0.39, 0.29) is 5.91 Å². The van der Waals surface area contributed by atoms with Gasteiger partial charge in [0.05, 0.1) is 11.3 Å². The van der Waals surface area contributed by atoms with E-state index < -0.39 is 5.82 Å². The third-order valence-electron chi connectivity index (χ3n) is 1.56. The van der Waals surface area contributed by atoms with Gasteiger partial charge in [0.1, 0.15) is 12.2 Å². The van der Waals surface area contributed by atoms with Crippen molar-refractivity contribution in [3.63, 3.8) is 0 Å². The van der Waals surface area contributed by atoms with Crippen LogP contribution in [-0.2, 0) is 0 Å². The van der Waals surface area contributed by atoms with Crippen molar-refractivity contribution in [1.82, 2.24) is 5.32 Å². The van der Waals surface area contributed by atoms with Gasteiger partial charge in [-0.3, -0.25) is 4.79 Å². The van der Waals surface area contributed by atoms with E-state index in [9.17, 15) is 9.18 Å². The van der Waals surface area contributed by atoms with Crippen molar-refractivity contribution < 1.29 is 9.18 Å². The molecule has 1 amide bonds. The molecule has 0 N–H and O–H groups in total. The van der Waals surface area contributed by atoms with Gasteiger partial charge in [-0.25, -0.2) is 9.71 Å². The van der Waals surface area contributed by atoms with E-state index in [1.54, 1.807) is 0 Å². The smallest absolute Gasteiger partial charge is 0.267 e. The number of hydrogen-bond acceptors (Lipinski definition) is 1. The second-order valence-electron chi connectivity index (χ2n) is 2.34. The Morgan fingerprint density at radius 2 is 2.17 bits per heavy atom. The maximum absolute atomic E-state index is 12.6. The van der Waals surface area contributed by atoms with Gasteiger partial charge in [-0.1, -0.05) is 0 Å². The molecule has 2 rings (SSSR count). The second kappa shape index (κ2) is 2.41. The number of hydrogen-bond donors (Lipinski definition) is 0. The van der Waals surface area contributed by atoms with Crippen LogP contribution in [0.25, 0.3) is 0 Å². The van der Waals surface area contributed by atoms with Crippen LogP contribution in [0, 0.1) is 5.82 Å². The third-order valence-corrected chi connectivity index (χ3v) is 1.56. The van der Waals surface area contributed by atoms with Crippen molar-refractivity contribution in [1.29, 1.82) is 0 Å². The van der Waals surface area contributed by atoms with Crippen LogP contribution in [0.4, 0.5) is 10.1 Å². The third kappa shape index (κ3) is 0.972. The maximum Gasteiger partial charge on any atom is 0.280 e. The molecule has 0 aliphatic carbocycles. The van der Waals surface area contributed by atoms with Crippen molar-refractivity contribution in [2.45, 2.75) is 0 Å². The molecule has 1 aromatic carbocycles. The molecule has 4 heteroatoms. The molecule has 0 atom stereocenters. The van der Waals surface area contributed by atoms with E-state index in [1.807, 2.05) is 0 Å². The molecule has 1 heterocycles. The van der Waals surface area contributed by atoms with Gasteiger partial charge in [-0.15, -0.1) is 0 Å². The number of fused-ring (bicyclic) bond motifs is 1. The molecule has 1 aliphatic heterocycles. The first-order valence-electron chi connectivity index (χ1n) is 3.34. The number of rotatable bonds is 0. The first-order valence-corrected chi connectivity index (χ1v) is 3.34. The minimum atomic E-state index is -0.402. The summed E-state index contributed by atoms with van der Waals surface area (Å²) in [7, 11) is 0. The molecule has 0 saturated carbocycles. The number of carbonyl (C=O) groups is 1. The highest BCUT2D eigenvalue weighted by molar-refractivity contribution is 6.06. The van der Waals surface area contributed by atoms with Gasteiger partial charge in [0, 0.05) is 6.07 Å². The van der Waals surface area contributed by atoms with Crippen molar-refractivity contribution in [3.05, 3.63) is 29.6 Å². The molecular formula is C8H4FN2O. The molecule has 1 aromatic rings. The Hall–Kier alpha value is -1.71. The summed E-state index contributed by atoms with van der Waals surface area (Å²) >= 11 is 0. The van der Waals surface area contributed by atoms with Crippen LogP contribution in [-0.4, -0.2) is 12.2 Å². The Labute approximate surface area is 67.9 Å². The fourth-order valence-corrected chi connectivity index (χ4v) is 1.01. The summed E-state index contributed by atoms with van der Waals surface area (Å²) in [4.78, 5) is 14.5. The highest BCUT2D eigenvalue weighted by Gasteiger charge is 2.14. The van der Waals surface area contributed by atoms with Crippen molar-refractivity contribution in [2.24, 2.45) is 4.99 Å². The standard InChI is InChI=1S/C8H4FN2O/c9-5-1-2-6-7(3-5)10-4-11-8(6)12/h1-4H. The summed E-state index contributed by atoms with van der Waals surface area (Å²) in [5, 5.41) is 3.75. The highest BCUT2D eigenvalue weighted by Crippen LogP contribution is 2.19. The van der Waals surface area contributed by atoms with E-state index >= 15 is 0 Å². The number of halogens is 1. The number of benzene rings is 1. The quantitative estimate of drug-likeness (QED) is 0.567. The van der Waals surface area contributed by atoms with Gasteiger partial charge in [-0.2, -0.15) is 4.99 Å². The largest absolute Gasteiger partial charge is 0.280 e. The van der Waals surface area contributed by atoms with Gasteiger partial charge in [-0.05, 0) is 12.1 Å². The van der Waals surface area contributed by atoms with Gasteiger partial charge in [0.15, 0.2) is 0 Å². The minimum Gasteiger partial charge on any atom is -0.267 e. The van der Waals surface area contributed by atoms with Crippen LogP contribution in [0.3, 0.4) is 0 Å². The predicted octanol–water partition coefficient (Wildman–Crippen LogP) is 1.24. The Morgan fingerprint density at radius 1 is 1.33 bits per heavy atom. The summed E-state index contributed by atoms with van der Waals surface area (Å²) in [6, 6.07) is 3.80. The molecule has 0 bridgehead atoms. The molecule has 0 fully saturated rings. The lowest BCUT2D eigenvalue weighted by Crippen LogP contribution is -2.10. The predicted molar refractivity (Wildman–Crippen MR) is 41.0 cm³/mol. The molecule has 0 unspecified atom stereocenters. The van der Waals surface area contributed by atoms with Gasteiger partial charge in [0.25, 0.3) is 5.91 Å². The zero-order valence-corrected chi connectivity index (χ0v) is 5.99. The normalized spacial score (nSPS) is 13.9. The van der Waals surface area contributed by atoms with E-state index in [0.717, 1.165) is 6.34 Å². The van der Waals surface area contributed by atoms with Crippen LogP contribution in [0.15, 0.2) is 23.2 Å². The van der Waals surface area contributed by atoms with E-state index in [0.29, 0.717) is 11.3 Å². The molecule has 12 heavy (non-hydrogen) atoms. The van der Waals surface area contributed by atoms with Crippen LogP contribution in [0.2, 0.25) is 0 Å². The van der Waals surface area contributed by atoms with Crippen LogP contribution >= 0.6 is 0 Å². The Morgan fingerprint density at radius 3 is 3.00 bits per heavy atom. The number of carbonyl (C=O) groups excluding carboxylic acids is 1. The van der Waals surface area contributed by atoms with E-state index in [4.69, 9.17) is 0 Å². The summed E-state index contributed by atoms with van der Waals surface area (Å²) in [5.74, 6) is -0.777. The summed E-state index contributed by atoms with van der Waals surface area (Å²) in [6.45, 7) is 0. The van der Waals surface area contributed by atoms with E-state index in [1.165, 1.54) is 18.2 Å². The number of nitrogens with zero attached hydrogens (tertiary/aromatic N) is 2. The summed E-state index contributed by atoms with van der Waals surface area (Å²) in [5.41, 5.74) is 0.689. The molecule has 0 aromatic heterocycles. The SMILES string of the molecule is O=C1N=C[N]c2cc(F)ccc21. The topological polar surface area (TPSA) is 43.5 Å². The first kappa shape index (κ1) is 6.97. The van der Waals surface area contributed by atoms with Crippen molar-refractivity contribution >= 4 is 17.9 Å². The minimum absolute atomic E-state index is 0.343. The zero-order chi connectivity index (χ0) is 8.55. The molecule has 1 aliphatic rings. The lowest BCUT2D eigenvalue weighted by Gasteiger charge is -2.07. The highest BCUT2D eigenvalue weighted by atomic mass is 19.1. The number of aliphatic imine (C=N–C) groups is 1. The average molecular weight is 163 g/mol. The Bertz CT molecular complexity index is 373. The average Bonchev–Trinajstić information content (AvgIpc) is 2.04. The van der Waals surface area contributed by atoms with Crippen LogP contribution in [0.1, 0.15) is 10.4 Å². The Balaban J connectivity index is 2.58. The van der Waals surface area contributed by atoms with Gasteiger partial charge in [0.2, 0.25) is 0 Å². The van der Waals surface area contributed by atoms with Crippen molar-refractivity contribution in [2.75, 3.05) is 0 Å². The molecule has 1 radical (unpaired) electrons. The van der Waals surface area contributed by atoms with Crippen LogP contribution in [0.5, 0.6) is 0 Å². The summed E-state index contributed by atoms with van der Waals surface area (Å²) < 4.78 is 12.6. The molecule has 0 saturated heterocycles. The van der Waals surface area contributed by atoms with E-state index in [2.05, 4.69) is 10.3 Å². The molecule has 3 nitrogen and oxygen atoms in total. The maximum atomic E-state index is 12.6.